The van der Waals surface area contributed by atoms with Crippen LogP contribution in [0.1, 0.15) is 41.0 Å². The van der Waals surface area contributed by atoms with Gasteiger partial charge in [0.05, 0.1) is 20.8 Å². The second-order valence-electron chi connectivity index (χ2n) is 7.32. The molecule has 9 heteroatoms. The van der Waals surface area contributed by atoms with Crippen molar-refractivity contribution in [3.8, 4) is 0 Å². The fourth-order valence-electron chi connectivity index (χ4n) is 3.64. The number of fused-ring (bicyclic) bond motifs is 1. The third-order valence-corrected chi connectivity index (χ3v) is 6.07. The Labute approximate surface area is 171 Å². The minimum absolute atomic E-state index is 0.0124. The van der Waals surface area contributed by atoms with Gasteiger partial charge in [-0.3, -0.25) is 4.79 Å². The molecule has 2 heterocycles. The molecule has 1 unspecified atom stereocenters. The highest BCUT2D eigenvalue weighted by Gasteiger charge is 2.24. The molecule has 0 saturated heterocycles. The van der Waals surface area contributed by atoms with Gasteiger partial charge in [-0.05, 0) is 44.0 Å². The van der Waals surface area contributed by atoms with E-state index in [2.05, 4.69) is 20.6 Å². The summed E-state index contributed by atoms with van der Waals surface area (Å²) in [6.07, 6.45) is 3.84. The molecule has 6 N–H and O–H groups in total. The Balaban J connectivity index is 1.66. The Morgan fingerprint density at radius 2 is 2.00 bits per heavy atom. The van der Waals surface area contributed by atoms with E-state index in [9.17, 15) is 9.18 Å². The van der Waals surface area contributed by atoms with E-state index >= 15 is 0 Å². The van der Waals surface area contributed by atoms with Gasteiger partial charge in [-0.2, -0.15) is 0 Å². The van der Waals surface area contributed by atoms with E-state index in [0.29, 0.717) is 5.69 Å². The molecular weight excluding hydrogens is 391 g/mol. The van der Waals surface area contributed by atoms with Crippen LogP contribution in [0.4, 0.5) is 21.7 Å². The van der Waals surface area contributed by atoms with Crippen LogP contribution in [0.2, 0.25) is 0 Å². The van der Waals surface area contributed by atoms with Crippen LogP contribution in [-0.4, -0.2) is 28.0 Å². The molecule has 1 aromatic carbocycles. The Hall–Kier alpha value is -2.78. The van der Waals surface area contributed by atoms with Crippen molar-refractivity contribution in [3.05, 3.63) is 40.7 Å². The lowest BCUT2D eigenvalue weighted by atomic mass is 9.91. The third kappa shape index (κ3) is 4.15. The fourth-order valence-corrected chi connectivity index (χ4v) is 4.51. The number of nitrogens with zero attached hydrogens (tertiary/aromatic N) is 2. The van der Waals surface area contributed by atoms with Gasteiger partial charge in [-0.25, -0.2) is 14.4 Å². The van der Waals surface area contributed by atoms with Crippen LogP contribution in [0.5, 0.6) is 0 Å². The lowest BCUT2D eigenvalue weighted by molar-refractivity contribution is 0.100. The standard InChI is InChI=1S/C20H23FN6OS/c1-10-24-16-7-6-11(8-17(16)29-10)25-19-12(18(23)28)9-13(21)20(27-19)26-15-5-3-2-4-14(15)22/h6-9,14-15H,2-5,22H2,1H3,(H2,23,28)(H2,25,26,27)/t14-,15?/m0/s1. The molecule has 2 atom stereocenters. The minimum atomic E-state index is -0.755. The monoisotopic (exact) mass is 414 g/mol. The normalized spacial score (nSPS) is 19.3. The highest BCUT2D eigenvalue weighted by Crippen LogP contribution is 2.29. The molecule has 1 saturated carbocycles. The topological polar surface area (TPSA) is 119 Å². The number of nitrogens with two attached hydrogens (primary N) is 2. The van der Waals surface area contributed by atoms with Gasteiger partial charge in [0.2, 0.25) is 0 Å². The fraction of sp³-hybridized carbons (Fsp3) is 0.350. The summed E-state index contributed by atoms with van der Waals surface area (Å²) in [6.45, 7) is 1.94. The Kier molecular flexibility index (Phi) is 5.33. The Morgan fingerprint density at radius 1 is 1.21 bits per heavy atom. The highest BCUT2D eigenvalue weighted by atomic mass is 32.1. The molecule has 0 aliphatic heterocycles. The lowest BCUT2D eigenvalue weighted by Gasteiger charge is -2.30. The summed E-state index contributed by atoms with van der Waals surface area (Å²) in [7, 11) is 0. The molecular formula is C20H23FN6OS. The highest BCUT2D eigenvalue weighted by molar-refractivity contribution is 7.18. The SMILES string of the molecule is Cc1nc2ccc(Nc3nc(NC4CCCC[C@@H]4N)c(F)cc3C(N)=O)cc2s1. The van der Waals surface area contributed by atoms with E-state index in [4.69, 9.17) is 11.5 Å². The molecule has 29 heavy (non-hydrogen) atoms. The van der Waals surface area contributed by atoms with Crippen LogP contribution in [0, 0.1) is 12.7 Å². The second-order valence-corrected chi connectivity index (χ2v) is 8.55. The number of nitrogens with one attached hydrogen (secondary N) is 2. The van der Waals surface area contributed by atoms with Crippen molar-refractivity contribution in [1.29, 1.82) is 0 Å². The van der Waals surface area contributed by atoms with Crippen LogP contribution in [0.15, 0.2) is 24.3 Å². The first-order valence-corrected chi connectivity index (χ1v) is 10.4. The first-order chi connectivity index (χ1) is 13.9. The van der Waals surface area contributed by atoms with E-state index < -0.39 is 11.7 Å². The number of pyridine rings is 1. The zero-order chi connectivity index (χ0) is 20.5. The van der Waals surface area contributed by atoms with E-state index in [0.717, 1.165) is 47.0 Å². The number of hydrogen-bond acceptors (Lipinski definition) is 7. The number of anilines is 3. The molecule has 2 aromatic heterocycles. The van der Waals surface area contributed by atoms with Gasteiger partial charge in [0.1, 0.15) is 5.82 Å². The molecule has 1 amide bonds. The average molecular weight is 415 g/mol. The van der Waals surface area contributed by atoms with E-state index in [-0.39, 0.29) is 29.3 Å². The van der Waals surface area contributed by atoms with Crippen molar-refractivity contribution < 1.29 is 9.18 Å². The quantitative estimate of drug-likeness (QED) is 0.506. The van der Waals surface area contributed by atoms with E-state index in [1.807, 2.05) is 25.1 Å². The summed E-state index contributed by atoms with van der Waals surface area (Å²) in [5, 5.41) is 7.18. The largest absolute Gasteiger partial charge is 0.365 e. The van der Waals surface area contributed by atoms with Crippen molar-refractivity contribution in [2.75, 3.05) is 10.6 Å². The predicted octanol–water partition coefficient (Wildman–Crippen LogP) is 3.66. The number of thiazole rings is 1. The van der Waals surface area contributed by atoms with Gasteiger partial charge < -0.3 is 22.1 Å². The third-order valence-electron chi connectivity index (χ3n) is 5.14. The summed E-state index contributed by atoms with van der Waals surface area (Å²) in [5.74, 6) is -1.12. The summed E-state index contributed by atoms with van der Waals surface area (Å²) in [6, 6.07) is 6.63. The van der Waals surface area contributed by atoms with Crippen LogP contribution in [-0.2, 0) is 0 Å². The van der Waals surface area contributed by atoms with E-state index in [1.54, 1.807) is 11.3 Å². The molecule has 0 radical (unpaired) electrons. The smallest absolute Gasteiger partial charge is 0.252 e. The van der Waals surface area contributed by atoms with Crippen molar-refractivity contribution >= 4 is 44.8 Å². The van der Waals surface area contributed by atoms with Crippen molar-refractivity contribution in [1.82, 2.24) is 9.97 Å². The molecule has 0 bridgehead atoms. The number of aromatic nitrogens is 2. The van der Waals surface area contributed by atoms with Crippen molar-refractivity contribution in [3.63, 3.8) is 0 Å². The number of carbonyl (C=O) groups is 1. The Morgan fingerprint density at radius 3 is 2.76 bits per heavy atom. The molecule has 1 aliphatic carbocycles. The van der Waals surface area contributed by atoms with Gasteiger partial charge in [-0.15, -0.1) is 11.3 Å². The summed E-state index contributed by atoms with van der Waals surface area (Å²) in [5.41, 5.74) is 13.2. The van der Waals surface area contributed by atoms with Crippen molar-refractivity contribution in [2.24, 2.45) is 11.5 Å². The zero-order valence-electron chi connectivity index (χ0n) is 16.0. The number of amides is 1. The predicted molar refractivity (Wildman–Crippen MR) is 114 cm³/mol. The van der Waals surface area contributed by atoms with E-state index in [1.165, 1.54) is 0 Å². The van der Waals surface area contributed by atoms with Gasteiger partial charge in [0, 0.05) is 17.8 Å². The van der Waals surface area contributed by atoms with Crippen LogP contribution in [0.25, 0.3) is 10.2 Å². The number of aryl methyl sites for hydroxylation is 1. The molecule has 0 spiro atoms. The van der Waals surface area contributed by atoms with Crippen LogP contribution in [0.3, 0.4) is 0 Å². The maximum atomic E-state index is 14.6. The molecule has 1 aliphatic rings. The molecule has 7 nitrogen and oxygen atoms in total. The first-order valence-electron chi connectivity index (χ1n) is 9.57. The first kappa shape index (κ1) is 19.5. The summed E-state index contributed by atoms with van der Waals surface area (Å²) in [4.78, 5) is 20.6. The minimum Gasteiger partial charge on any atom is -0.365 e. The lowest BCUT2D eigenvalue weighted by Crippen LogP contribution is -2.43. The summed E-state index contributed by atoms with van der Waals surface area (Å²) < 4.78 is 15.6. The van der Waals surface area contributed by atoms with Gasteiger partial charge in [0.25, 0.3) is 5.91 Å². The Bertz CT molecular complexity index is 1070. The number of rotatable bonds is 5. The average Bonchev–Trinajstić information content (AvgIpc) is 3.05. The second kappa shape index (κ2) is 7.92. The molecule has 3 aromatic rings. The number of halogens is 1. The summed E-state index contributed by atoms with van der Waals surface area (Å²) >= 11 is 1.57. The number of hydrogen-bond donors (Lipinski definition) is 4. The van der Waals surface area contributed by atoms with Gasteiger partial charge in [0.15, 0.2) is 11.6 Å². The van der Waals surface area contributed by atoms with Gasteiger partial charge in [-0.1, -0.05) is 12.8 Å². The molecule has 1 fully saturated rings. The zero-order valence-corrected chi connectivity index (χ0v) is 16.9. The van der Waals surface area contributed by atoms with Crippen LogP contribution < -0.4 is 22.1 Å². The number of carbonyl (C=O) groups excluding carboxylic acids is 1. The molecule has 152 valence electrons. The number of benzene rings is 1. The molecule has 4 rings (SSSR count). The van der Waals surface area contributed by atoms with Crippen molar-refractivity contribution in [2.45, 2.75) is 44.7 Å². The maximum Gasteiger partial charge on any atom is 0.252 e. The number of primary amides is 1. The van der Waals surface area contributed by atoms with Crippen LogP contribution >= 0.6 is 11.3 Å². The van der Waals surface area contributed by atoms with Gasteiger partial charge >= 0.3 is 0 Å². The maximum absolute atomic E-state index is 14.6.